The first kappa shape index (κ1) is 20.9. The van der Waals surface area contributed by atoms with Gasteiger partial charge in [0.05, 0.1) is 29.5 Å². The van der Waals surface area contributed by atoms with Gasteiger partial charge in [-0.05, 0) is 39.0 Å². The molecule has 1 aromatic carbocycles. The normalized spacial score (nSPS) is 16.1. The van der Waals surface area contributed by atoms with E-state index >= 15 is 0 Å². The number of hydrogen-bond donors (Lipinski definition) is 0. The molecule has 160 valence electrons. The second-order valence-electron chi connectivity index (χ2n) is 6.99. The van der Waals surface area contributed by atoms with Gasteiger partial charge in [-0.25, -0.2) is 9.79 Å². The van der Waals surface area contributed by atoms with Gasteiger partial charge in [-0.1, -0.05) is 29.5 Å². The maximum absolute atomic E-state index is 13.5. The molecule has 0 aliphatic carbocycles. The lowest BCUT2D eigenvalue weighted by molar-refractivity contribution is -0.139. The van der Waals surface area contributed by atoms with E-state index in [1.54, 1.807) is 39.2 Å². The summed E-state index contributed by atoms with van der Waals surface area (Å²) < 4.78 is 18.4. The molecule has 2 aromatic heterocycles. The molecule has 0 N–H and O–H groups in total. The Morgan fingerprint density at radius 2 is 2.03 bits per heavy atom. The zero-order chi connectivity index (χ0) is 22.1. The Kier molecular flexibility index (Phi) is 5.65. The van der Waals surface area contributed by atoms with Gasteiger partial charge in [0, 0.05) is 11.6 Å². The first-order valence-corrected chi connectivity index (χ1v) is 10.6. The molecule has 8 heteroatoms. The topological polar surface area (TPSA) is 83.0 Å². The van der Waals surface area contributed by atoms with Gasteiger partial charge in [-0.2, -0.15) is 0 Å². The highest BCUT2D eigenvalue weighted by Crippen LogP contribution is 2.35. The van der Waals surface area contributed by atoms with Crippen LogP contribution in [-0.2, 0) is 9.53 Å². The van der Waals surface area contributed by atoms with Gasteiger partial charge in [0.1, 0.15) is 23.3 Å². The smallest absolute Gasteiger partial charge is 0.338 e. The van der Waals surface area contributed by atoms with Gasteiger partial charge in [-0.15, -0.1) is 0 Å². The number of allylic oxidation sites excluding steroid dienone is 1. The molecular weight excluding hydrogens is 416 g/mol. The second kappa shape index (κ2) is 8.39. The fraction of sp³-hybridized carbons (Fsp3) is 0.261. The van der Waals surface area contributed by atoms with Crippen molar-refractivity contribution in [1.82, 2.24) is 4.57 Å². The van der Waals surface area contributed by atoms with Crippen molar-refractivity contribution < 1.29 is 18.7 Å². The number of para-hydroxylation sites is 1. The van der Waals surface area contributed by atoms with Gasteiger partial charge in [0.2, 0.25) is 0 Å². The fourth-order valence-corrected chi connectivity index (χ4v) is 4.66. The van der Waals surface area contributed by atoms with E-state index in [1.807, 2.05) is 31.2 Å². The van der Waals surface area contributed by atoms with E-state index in [4.69, 9.17) is 13.9 Å². The lowest BCUT2D eigenvalue weighted by atomic mass is 9.95. The summed E-state index contributed by atoms with van der Waals surface area (Å²) in [6, 6.07) is 10.3. The van der Waals surface area contributed by atoms with Crippen LogP contribution >= 0.6 is 11.3 Å². The van der Waals surface area contributed by atoms with Crippen LogP contribution in [0.1, 0.15) is 37.0 Å². The predicted octanol–water partition coefficient (Wildman–Crippen LogP) is 2.71. The molecule has 31 heavy (non-hydrogen) atoms. The molecule has 0 unspecified atom stereocenters. The summed E-state index contributed by atoms with van der Waals surface area (Å²) in [6.07, 6.45) is 1.69. The number of aryl methyl sites for hydroxylation is 1. The quantitative estimate of drug-likeness (QED) is 0.572. The van der Waals surface area contributed by atoms with Crippen molar-refractivity contribution in [3.8, 4) is 5.75 Å². The van der Waals surface area contributed by atoms with Crippen LogP contribution in [0.15, 0.2) is 61.9 Å². The molecular formula is C23H22N2O5S. The highest BCUT2D eigenvalue weighted by molar-refractivity contribution is 7.07. The van der Waals surface area contributed by atoms with E-state index in [1.165, 1.54) is 15.9 Å². The van der Waals surface area contributed by atoms with Crippen LogP contribution in [0.3, 0.4) is 0 Å². The molecule has 1 atom stereocenters. The minimum absolute atomic E-state index is 0.219. The van der Waals surface area contributed by atoms with Crippen molar-refractivity contribution >= 4 is 23.4 Å². The highest BCUT2D eigenvalue weighted by atomic mass is 32.1. The molecule has 0 radical (unpaired) electrons. The van der Waals surface area contributed by atoms with Crippen molar-refractivity contribution in [1.29, 1.82) is 0 Å². The van der Waals surface area contributed by atoms with Crippen molar-refractivity contribution in [2.45, 2.75) is 26.8 Å². The minimum atomic E-state index is -0.716. The maximum atomic E-state index is 13.5. The second-order valence-corrected chi connectivity index (χ2v) is 8.00. The molecule has 0 bridgehead atoms. The van der Waals surface area contributed by atoms with Gasteiger partial charge in [0.25, 0.3) is 5.56 Å². The highest BCUT2D eigenvalue weighted by Gasteiger charge is 2.34. The Labute approximate surface area is 182 Å². The molecule has 0 fully saturated rings. The number of carbonyl (C=O) groups is 1. The van der Waals surface area contributed by atoms with Crippen LogP contribution in [0.4, 0.5) is 0 Å². The van der Waals surface area contributed by atoms with E-state index in [2.05, 4.69) is 4.99 Å². The van der Waals surface area contributed by atoms with Crippen molar-refractivity contribution in [3.05, 3.63) is 84.4 Å². The number of carbonyl (C=O) groups excluding carboxylic acids is 1. The Bertz CT molecular complexity index is 1360. The van der Waals surface area contributed by atoms with Crippen LogP contribution < -0.4 is 19.6 Å². The number of aromatic nitrogens is 1. The summed E-state index contributed by atoms with van der Waals surface area (Å²) >= 11 is 1.25. The monoisotopic (exact) mass is 438 g/mol. The van der Waals surface area contributed by atoms with E-state index in [0.717, 1.165) is 5.76 Å². The molecule has 4 rings (SSSR count). The minimum Gasteiger partial charge on any atom is -0.496 e. The molecule has 0 amide bonds. The van der Waals surface area contributed by atoms with E-state index < -0.39 is 12.0 Å². The van der Waals surface area contributed by atoms with Crippen LogP contribution in [-0.4, -0.2) is 24.3 Å². The molecule has 3 aromatic rings. The predicted molar refractivity (Wildman–Crippen MR) is 117 cm³/mol. The Morgan fingerprint density at radius 3 is 2.71 bits per heavy atom. The molecule has 1 aliphatic heterocycles. The van der Waals surface area contributed by atoms with Crippen LogP contribution in [0, 0.1) is 6.92 Å². The summed E-state index contributed by atoms with van der Waals surface area (Å²) in [4.78, 5) is 31.4. The Balaban J connectivity index is 2.00. The average Bonchev–Trinajstić information content (AvgIpc) is 3.29. The number of nitrogens with zero attached hydrogens (tertiary/aromatic N) is 2. The van der Waals surface area contributed by atoms with Crippen molar-refractivity contribution in [2.75, 3.05) is 13.7 Å². The Morgan fingerprint density at radius 1 is 1.26 bits per heavy atom. The number of methoxy groups -OCH3 is 1. The molecule has 3 heterocycles. The van der Waals surface area contributed by atoms with Crippen molar-refractivity contribution in [2.24, 2.45) is 4.99 Å². The SMILES string of the molecule is CCOC(=O)C1=C(C)N=c2s/c(=C/c3ccc(C)o3)c(=O)n2[C@@H]1c1ccccc1OC. The summed E-state index contributed by atoms with van der Waals surface area (Å²) in [5.41, 5.74) is 1.25. The largest absolute Gasteiger partial charge is 0.496 e. The summed E-state index contributed by atoms with van der Waals surface area (Å²) in [6.45, 7) is 5.56. The summed E-state index contributed by atoms with van der Waals surface area (Å²) in [5, 5.41) is 0. The number of furan rings is 1. The third-order valence-electron chi connectivity index (χ3n) is 4.99. The number of ether oxygens (including phenoxy) is 2. The number of fused-ring (bicyclic) bond motifs is 1. The zero-order valence-corrected chi connectivity index (χ0v) is 18.5. The lowest BCUT2D eigenvalue weighted by Crippen LogP contribution is -2.40. The van der Waals surface area contributed by atoms with E-state index in [9.17, 15) is 9.59 Å². The standard InChI is InChI=1S/C23H22N2O5S/c1-5-29-22(27)19-14(3)24-23-25(20(19)16-8-6-7-9-17(16)28-4)21(26)18(31-23)12-15-11-10-13(2)30-15/h6-12,20H,5H2,1-4H3/b18-12+/t20-/m1/s1. The number of hydrogen-bond acceptors (Lipinski definition) is 7. The summed E-state index contributed by atoms with van der Waals surface area (Å²) in [7, 11) is 1.56. The third kappa shape index (κ3) is 3.74. The molecule has 7 nitrogen and oxygen atoms in total. The first-order chi connectivity index (χ1) is 14.9. The van der Waals surface area contributed by atoms with Crippen LogP contribution in [0.25, 0.3) is 6.08 Å². The van der Waals surface area contributed by atoms with Gasteiger partial charge in [0.15, 0.2) is 4.80 Å². The first-order valence-electron chi connectivity index (χ1n) is 9.83. The molecule has 0 spiro atoms. The average molecular weight is 439 g/mol. The van der Waals surface area contributed by atoms with Crippen LogP contribution in [0.2, 0.25) is 0 Å². The number of rotatable bonds is 5. The lowest BCUT2D eigenvalue weighted by Gasteiger charge is -2.25. The fourth-order valence-electron chi connectivity index (χ4n) is 3.64. The molecule has 0 saturated carbocycles. The van der Waals surface area contributed by atoms with E-state index in [-0.39, 0.29) is 12.2 Å². The third-order valence-corrected chi connectivity index (χ3v) is 5.97. The Hall–Kier alpha value is -3.39. The van der Waals surface area contributed by atoms with Gasteiger partial charge >= 0.3 is 5.97 Å². The van der Waals surface area contributed by atoms with Gasteiger partial charge < -0.3 is 13.9 Å². The molecule has 0 saturated heterocycles. The van der Waals surface area contributed by atoms with E-state index in [0.29, 0.717) is 37.7 Å². The zero-order valence-electron chi connectivity index (χ0n) is 17.7. The number of esters is 1. The van der Waals surface area contributed by atoms with Gasteiger partial charge in [-0.3, -0.25) is 9.36 Å². The van der Waals surface area contributed by atoms with Crippen molar-refractivity contribution in [3.63, 3.8) is 0 Å². The number of thiazole rings is 1. The maximum Gasteiger partial charge on any atom is 0.338 e. The molecule has 1 aliphatic rings. The number of benzene rings is 1. The van der Waals surface area contributed by atoms with Crippen LogP contribution in [0.5, 0.6) is 5.75 Å². The summed E-state index contributed by atoms with van der Waals surface area (Å²) in [5.74, 6) is 1.40.